The molecule has 3 heterocycles. The molecule has 8 heteroatoms. The first kappa shape index (κ1) is 24.0. The van der Waals surface area contributed by atoms with Crippen molar-refractivity contribution in [2.24, 2.45) is 5.92 Å². The summed E-state index contributed by atoms with van der Waals surface area (Å²) >= 11 is 0. The van der Waals surface area contributed by atoms with Crippen LogP contribution >= 0.6 is 0 Å². The summed E-state index contributed by atoms with van der Waals surface area (Å²) in [6, 6.07) is 12.9. The molecule has 5 rings (SSSR count). The third-order valence-electron chi connectivity index (χ3n) is 7.63. The predicted octanol–water partition coefficient (Wildman–Crippen LogP) is 3.75. The Morgan fingerprint density at radius 3 is 2.49 bits per heavy atom. The number of sulfonamides is 1. The molecule has 0 radical (unpaired) electrons. The average Bonchev–Trinajstić information content (AvgIpc) is 3.10. The van der Waals surface area contributed by atoms with Gasteiger partial charge >= 0.3 is 0 Å². The molecular weight excluding hydrogens is 462 g/mol. The Labute approximate surface area is 207 Å². The monoisotopic (exact) mass is 495 g/mol. The molecule has 1 saturated heterocycles. The van der Waals surface area contributed by atoms with Gasteiger partial charge in [0.1, 0.15) is 6.54 Å². The van der Waals surface area contributed by atoms with Crippen LogP contribution in [0.2, 0.25) is 0 Å². The molecule has 0 aromatic heterocycles. The van der Waals surface area contributed by atoms with Crippen molar-refractivity contribution >= 4 is 33.2 Å². The van der Waals surface area contributed by atoms with E-state index in [4.69, 9.17) is 0 Å². The lowest BCUT2D eigenvalue weighted by Crippen LogP contribution is -2.45. The van der Waals surface area contributed by atoms with Crippen LogP contribution < -0.4 is 9.80 Å². The van der Waals surface area contributed by atoms with Crippen LogP contribution in [0.1, 0.15) is 50.7 Å². The number of nitrogens with zero attached hydrogens (tertiary/aromatic N) is 3. The van der Waals surface area contributed by atoms with Crippen molar-refractivity contribution in [2.45, 2.75) is 63.3 Å². The van der Waals surface area contributed by atoms with E-state index in [-0.39, 0.29) is 29.3 Å². The summed E-state index contributed by atoms with van der Waals surface area (Å²) in [6.45, 7) is 5.19. The minimum atomic E-state index is -3.58. The first-order chi connectivity index (χ1) is 16.8. The molecule has 3 aliphatic rings. The molecule has 0 aliphatic carbocycles. The SMILES string of the molecule is CC1CCN(S(=O)(=O)c2ccc3c(c2)CCCC(=O)N3CC(=O)N2c3ccccc3C[C@H]2C)CC1. The van der Waals surface area contributed by atoms with Crippen LogP contribution in [0, 0.1) is 5.92 Å². The first-order valence-corrected chi connectivity index (χ1v) is 14.0. The zero-order valence-electron chi connectivity index (χ0n) is 20.4. The Morgan fingerprint density at radius 1 is 0.971 bits per heavy atom. The molecule has 35 heavy (non-hydrogen) atoms. The van der Waals surface area contributed by atoms with E-state index in [1.807, 2.05) is 31.2 Å². The van der Waals surface area contributed by atoms with Gasteiger partial charge in [0.15, 0.2) is 0 Å². The minimum Gasteiger partial charge on any atom is -0.307 e. The minimum absolute atomic E-state index is 0.0289. The number of carbonyl (C=O) groups excluding carboxylic acids is 2. The second-order valence-corrected chi connectivity index (χ2v) is 12.1. The normalized spacial score (nSPS) is 21.5. The van der Waals surface area contributed by atoms with Gasteiger partial charge in [-0.15, -0.1) is 0 Å². The van der Waals surface area contributed by atoms with Gasteiger partial charge in [-0.2, -0.15) is 4.31 Å². The lowest BCUT2D eigenvalue weighted by molar-refractivity contribution is -0.122. The second kappa shape index (κ2) is 9.39. The van der Waals surface area contributed by atoms with Crippen LogP contribution in [-0.4, -0.2) is 50.2 Å². The summed E-state index contributed by atoms with van der Waals surface area (Å²) in [5.41, 5.74) is 3.50. The Kier molecular flexibility index (Phi) is 6.44. The van der Waals surface area contributed by atoms with Gasteiger partial charge < -0.3 is 9.80 Å². The lowest BCUT2D eigenvalue weighted by Gasteiger charge is -2.30. The highest BCUT2D eigenvalue weighted by Gasteiger charge is 2.34. The molecule has 1 fully saturated rings. The van der Waals surface area contributed by atoms with Gasteiger partial charge in [0, 0.05) is 36.9 Å². The van der Waals surface area contributed by atoms with E-state index < -0.39 is 10.0 Å². The van der Waals surface area contributed by atoms with Gasteiger partial charge in [0.05, 0.1) is 4.90 Å². The van der Waals surface area contributed by atoms with Gasteiger partial charge in [-0.05, 0) is 80.3 Å². The molecule has 0 saturated carbocycles. The van der Waals surface area contributed by atoms with Gasteiger partial charge in [-0.1, -0.05) is 25.1 Å². The zero-order chi connectivity index (χ0) is 24.7. The van der Waals surface area contributed by atoms with Crippen molar-refractivity contribution in [1.82, 2.24) is 4.31 Å². The third-order valence-corrected chi connectivity index (χ3v) is 9.52. The van der Waals surface area contributed by atoms with Gasteiger partial charge in [0.25, 0.3) is 0 Å². The molecule has 2 amide bonds. The number of anilines is 2. The molecule has 1 atom stereocenters. The predicted molar refractivity (Wildman–Crippen MR) is 136 cm³/mol. The van der Waals surface area contributed by atoms with Crippen molar-refractivity contribution in [3.8, 4) is 0 Å². The van der Waals surface area contributed by atoms with Crippen LogP contribution in [0.3, 0.4) is 0 Å². The molecule has 0 unspecified atom stereocenters. The molecule has 0 bridgehead atoms. The average molecular weight is 496 g/mol. The first-order valence-electron chi connectivity index (χ1n) is 12.6. The number of fused-ring (bicyclic) bond motifs is 2. The van der Waals surface area contributed by atoms with Crippen molar-refractivity contribution < 1.29 is 18.0 Å². The summed E-state index contributed by atoms with van der Waals surface area (Å²) in [5, 5.41) is 0. The second-order valence-electron chi connectivity index (χ2n) is 10.2. The summed E-state index contributed by atoms with van der Waals surface area (Å²) in [7, 11) is -3.58. The van der Waals surface area contributed by atoms with Crippen molar-refractivity contribution in [3.05, 3.63) is 53.6 Å². The number of rotatable bonds is 4. The Bertz CT molecular complexity index is 1250. The Balaban J connectivity index is 1.42. The highest BCUT2D eigenvalue weighted by Crippen LogP contribution is 2.34. The van der Waals surface area contributed by atoms with Crippen LogP contribution in [0.5, 0.6) is 0 Å². The Morgan fingerprint density at radius 2 is 1.71 bits per heavy atom. The summed E-state index contributed by atoms with van der Waals surface area (Å²) in [4.78, 5) is 30.1. The van der Waals surface area contributed by atoms with E-state index in [0.29, 0.717) is 44.0 Å². The largest absolute Gasteiger partial charge is 0.307 e. The Hall–Kier alpha value is -2.71. The maximum Gasteiger partial charge on any atom is 0.247 e. The van der Waals surface area contributed by atoms with Gasteiger partial charge in [-0.25, -0.2) is 8.42 Å². The zero-order valence-corrected chi connectivity index (χ0v) is 21.3. The van der Waals surface area contributed by atoms with Crippen molar-refractivity contribution in [1.29, 1.82) is 0 Å². The molecule has 0 N–H and O–H groups in total. The van der Waals surface area contributed by atoms with E-state index in [9.17, 15) is 18.0 Å². The van der Waals surface area contributed by atoms with Crippen LogP contribution in [-0.2, 0) is 32.5 Å². The van der Waals surface area contributed by atoms with Gasteiger partial charge in [0.2, 0.25) is 21.8 Å². The summed E-state index contributed by atoms with van der Waals surface area (Å²) in [6.07, 6.45) is 4.10. The maximum absolute atomic E-state index is 13.4. The fourth-order valence-electron chi connectivity index (χ4n) is 5.59. The molecule has 2 aromatic rings. The molecule has 7 nitrogen and oxygen atoms in total. The van der Waals surface area contributed by atoms with Crippen molar-refractivity contribution in [2.75, 3.05) is 29.4 Å². The number of amides is 2. The van der Waals surface area contributed by atoms with E-state index in [1.165, 1.54) is 0 Å². The number of aryl methyl sites for hydroxylation is 1. The molecule has 0 spiro atoms. The van der Waals surface area contributed by atoms with Crippen molar-refractivity contribution in [3.63, 3.8) is 0 Å². The fourth-order valence-corrected chi connectivity index (χ4v) is 7.11. The molecule has 2 aromatic carbocycles. The van der Waals surface area contributed by atoms with E-state index in [0.717, 1.165) is 36.1 Å². The van der Waals surface area contributed by atoms with Crippen LogP contribution in [0.4, 0.5) is 11.4 Å². The molecule has 186 valence electrons. The van der Waals surface area contributed by atoms with E-state index in [2.05, 4.69) is 6.92 Å². The fraction of sp³-hybridized carbons (Fsp3) is 0.481. The number of piperidine rings is 1. The summed E-state index contributed by atoms with van der Waals surface area (Å²) < 4.78 is 28.2. The smallest absolute Gasteiger partial charge is 0.247 e. The number of para-hydroxylation sites is 1. The van der Waals surface area contributed by atoms with Crippen LogP contribution in [0.25, 0.3) is 0 Å². The topological polar surface area (TPSA) is 78.0 Å². The molecule has 3 aliphatic heterocycles. The number of carbonyl (C=O) groups is 2. The van der Waals surface area contributed by atoms with Crippen LogP contribution in [0.15, 0.2) is 47.4 Å². The standard InChI is InChI=1S/C27H33N3O4S/c1-19-12-14-28(15-13-19)35(33,34)23-10-11-24-22(17-23)7-5-9-26(31)29(24)18-27(32)30-20(2)16-21-6-3-4-8-25(21)30/h3-4,6,8,10-11,17,19-20H,5,7,9,12-16,18H2,1-2H3/t20-/m1/s1. The highest BCUT2D eigenvalue weighted by molar-refractivity contribution is 7.89. The van der Waals surface area contributed by atoms with E-state index in [1.54, 1.807) is 32.3 Å². The van der Waals surface area contributed by atoms with E-state index >= 15 is 0 Å². The quantitative estimate of drug-likeness (QED) is 0.647. The number of hydrogen-bond acceptors (Lipinski definition) is 4. The highest BCUT2D eigenvalue weighted by atomic mass is 32.2. The summed E-state index contributed by atoms with van der Waals surface area (Å²) in [5.74, 6) is 0.316. The van der Waals surface area contributed by atoms with Gasteiger partial charge in [-0.3, -0.25) is 9.59 Å². The lowest BCUT2D eigenvalue weighted by atomic mass is 10.0. The maximum atomic E-state index is 13.4. The number of benzene rings is 2. The molecular formula is C27H33N3O4S. The number of hydrogen-bond donors (Lipinski definition) is 0. The third kappa shape index (κ3) is 4.49.